The van der Waals surface area contributed by atoms with Crippen molar-refractivity contribution >= 4 is 5.69 Å². The van der Waals surface area contributed by atoms with E-state index in [2.05, 4.69) is 5.32 Å². The van der Waals surface area contributed by atoms with Crippen molar-refractivity contribution in [3.63, 3.8) is 0 Å². The molecule has 2 rings (SSSR count). The van der Waals surface area contributed by atoms with Crippen LogP contribution in [0.15, 0.2) is 42.5 Å². The fourth-order valence-corrected chi connectivity index (χ4v) is 2.09. The molecule has 0 aliphatic heterocycles. The van der Waals surface area contributed by atoms with Crippen molar-refractivity contribution in [2.24, 2.45) is 0 Å². The molecule has 3 nitrogen and oxygen atoms in total. The Morgan fingerprint density at radius 3 is 2.45 bits per heavy atom. The summed E-state index contributed by atoms with van der Waals surface area (Å²) in [4.78, 5) is 0. The first kappa shape index (κ1) is 16.1. The van der Waals surface area contributed by atoms with E-state index in [0.717, 1.165) is 11.3 Å². The van der Waals surface area contributed by atoms with Crippen LogP contribution in [0.1, 0.15) is 26.3 Å². The lowest BCUT2D eigenvalue weighted by Crippen LogP contribution is -2.23. The maximum Gasteiger partial charge on any atom is 0.142 e. The van der Waals surface area contributed by atoms with Gasteiger partial charge < -0.3 is 14.8 Å². The molecule has 0 saturated heterocycles. The Bertz CT molecular complexity index is 635. The van der Waals surface area contributed by atoms with Crippen LogP contribution in [0.5, 0.6) is 11.5 Å². The van der Waals surface area contributed by atoms with Gasteiger partial charge in [0.25, 0.3) is 0 Å². The number of hydrogen-bond acceptors (Lipinski definition) is 3. The van der Waals surface area contributed by atoms with Gasteiger partial charge in [0.15, 0.2) is 0 Å². The Hall–Kier alpha value is -2.23. The molecule has 1 N–H and O–H groups in total. The van der Waals surface area contributed by atoms with Crippen LogP contribution < -0.4 is 14.8 Å². The van der Waals surface area contributed by atoms with E-state index in [1.165, 1.54) is 12.1 Å². The lowest BCUT2D eigenvalue weighted by atomic mass is 10.1. The summed E-state index contributed by atoms with van der Waals surface area (Å²) in [5.41, 5.74) is 1.35. The molecule has 0 bridgehead atoms. The minimum absolute atomic E-state index is 0.271. The zero-order valence-electron chi connectivity index (χ0n) is 13.4. The highest BCUT2D eigenvalue weighted by Crippen LogP contribution is 2.28. The first-order valence-electron chi connectivity index (χ1n) is 7.23. The number of anilines is 1. The Kier molecular flexibility index (Phi) is 4.91. The quantitative estimate of drug-likeness (QED) is 0.874. The van der Waals surface area contributed by atoms with Crippen LogP contribution >= 0.6 is 0 Å². The molecule has 22 heavy (non-hydrogen) atoms. The van der Waals surface area contributed by atoms with Crippen molar-refractivity contribution < 1.29 is 13.9 Å². The number of rotatable bonds is 5. The molecule has 0 atom stereocenters. The van der Waals surface area contributed by atoms with E-state index >= 15 is 0 Å². The Morgan fingerprint density at radius 1 is 1.05 bits per heavy atom. The van der Waals surface area contributed by atoms with Gasteiger partial charge in [-0.05, 0) is 39.0 Å². The maximum atomic E-state index is 13.4. The van der Waals surface area contributed by atoms with Crippen LogP contribution in [0.2, 0.25) is 0 Å². The molecule has 4 heteroatoms. The maximum absolute atomic E-state index is 13.4. The van der Waals surface area contributed by atoms with Crippen LogP contribution in [-0.2, 0) is 6.54 Å². The number of halogens is 1. The molecule has 0 fully saturated rings. The smallest absolute Gasteiger partial charge is 0.142 e. The normalized spacial score (nSPS) is 11.1. The Labute approximate surface area is 131 Å². The molecule has 0 aromatic heterocycles. The number of para-hydroxylation sites is 1. The van der Waals surface area contributed by atoms with Gasteiger partial charge in [-0.2, -0.15) is 0 Å². The van der Waals surface area contributed by atoms with E-state index < -0.39 is 0 Å². The molecule has 0 aliphatic rings. The first-order chi connectivity index (χ1) is 10.4. The minimum atomic E-state index is -0.303. The van der Waals surface area contributed by atoms with E-state index in [1.807, 2.05) is 45.0 Å². The average Bonchev–Trinajstić information content (AvgIpc) is 2.45. The SMILES string of the molecule is COc1ccc(F)cc1NCc1ccccc1OC(C)(C)C. The Balaban J connectivity index is 2.17. The molecular weight excluding hydrogens is 281 g/mol. The third kappa shape index (κ3) is 4.38. The first-order valence-corrected chi connectivity index (χ1v) is 7.23. The number of nitrogens with one attached hydrogen (secondary N) is 1. The molecule has 0 heterocycles. The monoisotopic (exact) mass is 303 g/mol. The van der Waals surface area contributed by atoms with Crippen molar-refractivity contribution in [3.8, 4) is 11.5 Å². The van der Waals surface area contributed by atoms with Gasteiger partial charge in [0, 0.05) is 18.2 Å². The second-order valence-corrected chi connectivity index (χ2v) is 6.02. The zero-order chi connectivity index (χ0) is 16.2. The number of benzene rings is 2. The van der Waals surface area contributed by atoms with Crippen molar-refractivity contribution in [2.75, 3.05) is 12.4 Å². The summed E-state index contributed by atoms with van der Waals surface area (Å²) in [5, 5.41) is 3.20. The van der Waals surface area contributed by atoms with Crippen molar-refractivity contribution in [1.82, 2.24) is 0 Å². The highest BCUT2D eigenvalue weighted by Gasteiger charge is 2.14. The van der Waals surface area contributed by atoms with Crippen molar-refractivity contribution in [3.05, 3.63) is 53.8 Å². The number of methoxy groups -OCH3 is 1. The predicted molar refractivity (Wildman–Crippen MR) is 87.1 cm³/mol. The van der Waals surface area contributed by atoms with Gasteiger partial charge in [0.1, 0.15) is 22.9 Å². The van der Waals surface area contributed by atoms with Gasteiger partial charge >= 0.3 is 0 Å². The summed E-state index contributed by atoms with van der Waals surface area (Å²) >= 11 is 0. The number of hydrogen-bond donors (Lipinski definition) is 1. The molecule has 0 aliphatic carbocycles. The van der Waals surface area contributed by atoms with Crippen LogP contribution in [0.3, 0.4) is 0 Å². The highest BCUT2D eigenvalue weighted by molar-refractivity contribution is 5.57. The molecule has 2 aromatic carbocycles. The molecule has 2 aromatic rings. The lowest BCUT2D eigenvalue weighted by Gasteiger charge is -2.23. The summed E-state index contributed by atoms with van der Waals surface area (Å²) in [5.74, 6) is 1.12. The average molecular weight is 303 g/mol. The summed E-state index contributed by atoms with van der Waals surface area (Å²) in [7, 11) is 1.56. The highest BCUT2D eigenvalue weighted by atomic mass is 19.1. The topological polar surface area (TPSA) is 30.5 Å². The number of ether oxygens (including phenoxy) is 2. The van der Waals surface area contributed by atoms with E-state index in [4.69, 9.17) is 9.47 Å². The summed E-state index contributed by atoms with van der Waals surface area (Å²) < 4.78 is 24.6. The third-order valence-electron chi connectivity index (χ3n) is 3.02. The third-order valence-corrected chi connectivity index (χ3v) is 3.02. The van der Waals surface area contributed by atoms with Gasteiger partial charge in [-0.25, -0.2) is 4.39 Å². The molecule has 0 radical (unpaired) electrons. The zero-order valence-corrected chi connectivity index (χ0v) is 13.4. The van der Waals surface area contributed by atoms with Crippen LogP contribution in [0.25, 0.3) is 0 Å². The molecule has 0 amide bonds. The molecule has 0 unspecified atom stereocenters. The fourth-order valence-electron chi connectivity index (χ4n) is 2.09. The van der Waals surface area contributed by atoms with Gasteiger partial charge in [-0.3, -0.25) is 0 Å². The standard InChI is InChI=1S/C18H22FNO2/c1-18(2,3)22-16-8-6-5-7-13(16)12-20-15-11-14(19)9-10-17(15)21-4/h5-11,20H,12H2,1-4H3. The predicted octanol–water partition coefficient (Wildman–Crippen LogP) is 4.62. The van der Waals surface area contributed by atoms with E-state index in [9.17, 15) is 4.39 Å². The van der Waals surface area contributed by atoms with Gasteiger partial charge in [0.2, 0.25) is 0 Å². The Morgan fingerprint density at radius 2 is 1.77 bits per heavy atom. The molecular formula is C18H22FNO2. The largest absolute Gasteiger partial charge is 0.495 e. The van der Waals surface area contributed by atoms with Gasteiger partial charge in [-0.15, -0.1) is 0 Å². The summed E-state index contributed by atoms with van der Waals surface area (Å²) in [6.07, 6.45) is 0. The summed E-state index contributed by atoms with van der Waals surface area (Å²) in [6.45, 7) is 6.54. The second kappa shape index (κ2) is 6.69. The van der Waals surface area contributed by atoms with E-state index in [1.54, 1.807) is 13.2 Å². The van der Waals surface area contributed by atoms with Crippen LogP contribution in [-0.4, -0.2) is 12.7 Å². The second-order valence-electron chi connectivity index (χ2n) is 6.02. The van der Waals surface area contributed by atoms with Gasteiger partial charge in [0.05, 0.1) is 12.8 Å². The van der Waals surface area contributed by atoms with Crippen molar-refractivity contribution in [2.45, 2.75) is 32.9 Å². The summed E-state index contributed by atoms with van der Waals surface area (Å²) in [6, 6.07) is 12.2. The molecule has 118 valence electrons. The van der Waals surface area contributed by atoms with Crippen LogP contribution in [0, 0.1) is 5.82 Å². The van der Waals surface area contributed by atoms with Gasteiger partial charge in [-0.1, -0.05) is 18.2 Å². The molecule has 0 saturated carbocycles. The van der Waals surface area contributed by atoms with E-state index in [-0.39, 0.29) is 11.4 Å². The van der Waals surface area contributed by atoms with Crippen LogP contribution in [0.4, 0.5) is 10.1 Å². The van der Waals surface area contributed by atoms with E-state index in [0.29, 0.717) is 18.0 Å². The fraction of sp³-hybridized carbons (Fsp3) is 0.333. The lowest BCUT2D eigenvalue weighted by molar-refractivity contribution is 0.129. The molecule has 0 spiro atoms. The van der Waals surface area contributed by atoms with Crippen molar-refractivity contribution in [1.29, 1.82) is 0 Å². The minimum Gasteiger partial charge on any atom is -0.495 e.